The van der Waals surface area contributed by atoms with E-state index in [1.165, 1.54) is 81.9 Å². The molecule has 1 unspecified atom stereocenters. The molecule has 0 aliphatic carbocycles. The topological polar surface area (TPSA) is 104 Å². The van der Waals surface area contributed by atoms with E-state index in [1.807, 2.05) is 0 Å². The molecule has 0 heterocycles. The Labute approximate surface area is 216 Å². The highest BCUT2D eigenvalue weighted by atomic mass is 32.2. The molecule has 0 radical (unpaired) electrons. The van der Waals surface area contributed by atoms with E-state index in [0.717, 1.165) is 32.1 Å². The minimum absolute atomic E-state index is 0.0168. The van der Waals surface area contributed by atoms with E-state index in [1.54, 1.807) is 0 Å². The highest BCUT2D eigenvalue weighted by Crippen LogP contribution is 2.12. The summed E-state index contributed by atoms with van der Waals surface area (Å²) in [6, 6.07) is 0. The van der Waals surface area contributed by atoms with Crippen LogP contribution in [0.25, 0.3) is 0 Å². The lowest BCUT2D eigenvalue weighted by Gasteiger charge is -2.25. The number of rotatable bonds is 26. The first-order valence-corrected chi connectivity index (χ1v) is 15.9. The van der Waals surface area contributed by atoms with E-state index in [0.29, 0.717) is 13.0 Å². The lowest BCUT2D eigenvalue weighted by molar-refractivity contribution is -0.133. The van der Waals surface area contributed by atoms with E-state index >= 15 is 0 Å². The Kier molecular flexibility index (Phi) is 23.2. The van der Waals surface area contributed by atoms with Crippen LogP contribution in [-0.2, 0) is 19.6 Å². The van der Waals surface area contributed by atoms with Gasteiger partial charge in [-0.25, -0.2) is 0 Å². The van der Waals surface area contributed by atoms with Crippen LogP contribution in [0.2, 0.25) is 0 Å². The monoisotopic (exact) mass is 521 g/mol. The second-order valence-electron chi connectivity index (χ2n) is 9.91. The zero-order chi connectivity index (χ0) is 26.2. The Morgan fingerprint density at radius 1 is 0.771 bits per heavy atom. The van der Waals surface area contributed by atoms with E-state index < -0.39 is 22.0 Å². The van der Waals surface area contributed by atoms with Gasteiger partial charge in [-0.1, -0.05) is 110 Å². The maximum absolute atomic E-state index is 12.6. The molecule has 1 amide bonds. The molecule has 0 aromatic carbocycles. The van der Waals surface area contributed by atoms with Crippen LogP contribution in [0, 0.1) is 0 Å². The molecule has 0 aliphatic heterocycles. The molecule has 0 aliphatic rings. The lowest BCUT2D eigenvalue weighted by Crippen LogP contribution is -2.41. The van der Waals surface area contributed by atoms with Crippen molar-refractivity contribution in [2.45, 2.75) is 136 Å². The fourth-order valence-electron chi connectivity index (χ4n) is 4.15. The molecule has 0 aromatic heterocycles. The molecular weight excluding hydrogens is 466 g/mol. The Morgan fingerprint density at radius 3 is 1.71 bits per heavy atom. The second-order valence-corrected chi connectivity index (χ2v) is 11.5. The molecule has 0 spiro atoms. The summed E-state index contributed by atoms with van der Waals surface area (Å²) in [4.78, 5) is 13.9. The van der Waals surface area contributed by atoms with Gasteiger partial charge in [0, 0.05) is 26.1 Å². The summed E-state index contributed by atoms with van der Waals surface area (Å²) in [6.45, 7) is 5.00. The maximum atomic E-state index is 12.6. The van der Waals surface area contributed by atoms with Crippen molar-refractivity contribution in [3.8, 4) is 0 Å². The van der Waals surface area contributed by atoms with Crippen LogP contribution in [0.15, 0.2) is 0 Å². The smallest absolute Gasteiger partial charge is 0.266 e. The van der Waals surface area contributed by atoms with Gasteiger partial charge in [-0.05, 0) is 12.8 Å². The van der Waals surface area contributed by atoms with Gasteiger partial charge in [0.2, 0.25) is 5.91 Å². The van der Waals surface area contributed by atoms with Crippen LogP contribution in [0.1, 0.15) is 129 Å². The predicted octanol–water partition coefficient (Wildman–Crippen LogP) is 6.14. The van der Waals surface area contributed by atoms with Crippen LogP contribution < -0.4 is 0 Å². The van der Waals surface area contributed by atoms with Crippen molar-refractivity contribution in [2.75, 3.05) is 32.1 Å². The Hall–Kier alpha value is -0.700. The maximum Gasteiger partial charge on any atom is 0.266 e. The number of carbonyl (C=O) groups excluding carboxylic acids is 1. The third kappa shape index (κ3) is 24.8. The minimum atomic E-state index is -4.17. The zero-order valence-electron chi connectivity index (χ0n) is 22.7. The van der Waals surface area contributed by atoms with Crippen LogP contribution in [0.4, 0.5) is 0 Å². The number of hydrogen-bond donors (Lipinski definition) is 2. The number of unbranched alkanes of at least 4 members (excludes halogenated alkanes) is 15. The lowest BCUT2D eigenvalue weighted by atomic mass is 10.1. The molecule has 0 saturated heterocycles. The van der Waals surface area contributed by atoms with Gasteiger partial charge in [-0.3, -0.25) is 9.35 Å². The molecule has 0 saturated carbocycles. The molecule has 1 atom stereocenters. The summed E-state index contributed by atoms with van der Waals surface area (Å²) in [5, 5.41) is 10.3. The average molecular weight is 522 g/mol. The van der Waals surface area contributed by atoms with Crippen molar-refractivity contribution >= 4 is 16.0 Å². The zero-order valence-corrected chi connectivity index (χ0v) is 23.5. The van der Waals surface area contributed by atoms with Gasteiger partial charge in [-0.15, -0.1) is 0 Å². The molecule has 210 valence electrons. The van der Waals surface area contributed by atoms with Gasteiger partial charge in [0.1, 0.15) is 0 Å². The first kappa shape index (κ1) is 34.3. The standard InChI is InChI=1S/C27H55NO6S/c1-3-5-7-9-11-12-13-15-17-19-22-34-25-26(29)24-28(21-23-35(31,32)33)27(30)20-18-16-14-10-8-6-4-2/h26,29H,3-25H2,1-2H3,(H,31,32,33). The van der Waals surface area contributed by atoms with Gasteiger partial charge in [0.25, 0.3) is 10.1 Å². The summed E-state index contributed by atoms with van der Waals surface area (Å²) in [7, 11) is -4.17. The normalized spacial score (nSPS) is 12.7. The van der Waals surface area contributed by atoms with Crippen LogP contribution in [0.3, 0.4) is 0 Å². The number of ether oxygens (including phenoxy) is 1. The molecule has 2 N–H and O–H groups in total. The Morgan fingerprint density at radius 2 is 1.23 bits per heavy atom. The quantitative estimate of drug-likeness (QED) is 0.105. The molecule has 0 aromatic rings. The summed E-state index contributed by atoms with van der Waals surface area (Å²) < 4.78 is 37.0. The molecule has 7 nitrogen and oxygen atoms in total. The molecule has 35 heavy (non-hydrogen) atoms. The van der Waals surface area contributed by atoms with E-state index in [9.17, 15) is 18.3 Å². The number of aliphatic hydroxyl groups excluding tert-OH is 1. The summed E-state index contributed by atoms with van der Waals surface area (Å²) in [5.41, 5.74) is 0. The van der Waals surface area contributed by atoms with Gasteiger partial charge >= 0.3 is 0 Å². The molecule has 0 bridgehead atoms. The van der Waals surface area contributed by atoms with Crippen molar-refractivity contribution in [3.63, 3.8) is 0 Å². The predicted molar refractivity (Wildman–Crippen MR) is 144 cm³/mol. The first-order chi connectivity index (χ1) is 16.8. The minimum Gasteiger partial charge on any atom is -0.389 e. The van der Waals surface area contributed by atoms with Crippen LogP contribution in [-0.4, -0.2) is 67.0 Å². The van der Waals surface area contributed by atoms with Gasteiger partial charge in [-0.2, -0.15) is 8.42 Å². The fourth-order valence-corrected chi connectivity index (χ4v) is 4.60. The number of amides is 1. The molecule has 0 fully saturated rings. The van der Waals surface area contributed by atoms with Crippen molar-refractivity contribution in [2.24, 2.45) is 0 Å². The summed E-state index contributed by atoms with van der Waals surface area (Å²) >= 11 is 0. The third-order valence-corrected chi connectivity index (χ3v) is 7.05. The average Bonchev–Trinajstić information content (AvgIpc) is 2.81. The molecule has 8 heteroatoms. The van der Waals surface area contributed by atoms with Crippen molar-refractivity contribution in [3.05, 3.63) is 0 Å². The number of hydrogen-bond acceptors (Lipinski definition) is 5. The Bertz CT molecular complexity index is 584. The third-order valence-electron chi connectivity index (χ3n) is 6.35. The first-order valence-electron chi connectivity index (χ1n) is 14.3. The largest absolute Gasteiger partial charge is 0.389 e. The number of nitrogens with zero attached hydrogens (tertiary/aromatic N) is 1. The van der Waals surface area contributed by atoms with Crippen molar-refractivity contribution in [1.29, 1.82) is 0 Å². The van der Waals surface area contributed by atoms with E-state index in [-0.39, 0.29) is 25.6 Å². The van der Waals surface area contributed by atoms with Gasteiger partial charge < -0.3 is 14.7 Å². The van der Waals surface area contributed by atoms with Gasteiger partial charge in [0.15, 0.2) is 0 Å². The van der Waals surface area contributed by atoms with E-state index in [2.05, 4.69) is 13.8 Å². The van der Waals surface area contributed by atoms with Crippen LogP contribution >= 0.6 is 0 Å². The van der Waals surface area contributed by atoms with Crippen LogP contribution in [0.5, 0.6) is 0 Å². The summed E-state index contributed by atoms with van der Waals surface area (Å²) in [6.07, 6.45) is 19.6. The molecular formula is C27H55NO6S. The van der Waals surface area contributed by atoms with E-state index in [4.69, 9.17) is 9.29 Å². The van der Waals surface area contributed by atoms with Crippen molar-refractivity contribution in [1.82, 2.24) is 4.90 Å². The number of aliphatic hydroxyl groups is 1. The highest BCUT2D eigenvalue weighted by molar-refractivity contribution is 7.85. The summed E-state index contributed by atoms with van der Waals surface area (Å²) in [5.74, 6) is -0.710. The fraction of sp³-hybridized carbons (Fsp3) is 0.963. The van der Waals surface area contributed by atoms with Gasteiger partial charge in [0.05, 0.1) is 18.5 Å². The number of carbonyl (C=O) groups is 1. The Balaban J connectivity index is 4.07. The molecule has 0 rings (SSSR count). The SMILES string of the molecule is CCCCCCCCCCCCOCC(O)CN(CCS(=O)(=O)O)C(=O)CCCCCCCCC. The highest BCUT2D eigenvalue weighted by Gasteiger charge is 2.19. The second kappa shape index (κ2) is 23.7. The van der Waals surface area contributed by atoms with Crippen molar-refractivity contribution < 1.29 is 27.6 Å².